The average Bonchev–Trinajstić information content (AvgIpc) is 2.03. The van der Waals surface area contributed by atoms with Crippen molar-refractivity contribution in [3.8, 4) is 0 Å². The summed E-state index contributed by atoms with van der Waals surface area (Å²) >= 11 is 0. The van der Waals surface area contributed by atoms with Gasteiger partial charge in [0.25, 0.3) is 5.91 Å². The fourth-order valence-corrected chi connectivity index (χ4v) is 0.976. The van der Waals surface area contributed by atoms with Gasteiger partial charge in [-0.1, -0.05) is 12.6 Å². The molecule has 1 aromatic rings. The third-order valence-electron chi connectivity index (χ3n) is 1.55. The number of carbonyl (C=O) groups excluding carboxylic acids is 1. The summed E-state index contributed by atoms with van der Waals surface area (Å²) in [6.07, 6.45) is 1.60. The average molecular weight is 176 g/mol. The van der Waals surface area contributed by atoms with E-state index in [0.29, 0.717) is 11.4 Å². The van der Waals surface area contributed by atoms with Gasteiger partial charge in [0.1, 0.15) is 5.69 Å². The first-order valence-corrected chi connectivity index (χ1v) is 3.99. The van der Waals surface area contributed by atoms with Gasteiger partial charge < -0.3 is 5.32 Å². The Morgan fingerprint density at radius 1 is 1.62 bits per heavy atom. The molecule has 1 heterocycles. The number of aryl methyl sites for hydroxylation is 1. The standard InChI is InChI=1S/C10H12N2O/c1-7(2)12-10(13)9-8(3)5-4-6-11-9/h4-6H,1H2,2-3H3,(H,12,13). The predicted molar refractivity (Wildman–Crippen MR) is 51.3 cm³/mol. The molecule has 0 saturated heterocycles. The van der Waals surface area contributed by atoms with Crippen LogP contribution >= 0.6 is 0 Å². The van der Waals surface area contributed by atoms with Gasteiger partial charge >= 0.3 is 0 Å². The molecule has 1 rings (SSSR count). The Morgan fingerprint density at radius 2 is 2.31 bits per heavy atom. The lowest BCUT2D eigenvalue weighted by Gasteiger charge is -2.04. The molecular formula is C10H12N2O. The summed E-state index contributed by atoms with van der Waals surface area (Å²) < 4.78 is 0. The lowest BCUT2D eigenvalue weighted by atomic mass is 10.2. The number of pyridine rings is 1. The van der Waals surface area contributed by atoms with E-state index in [-0.39, 0.29) is 5.91 Å². The summed E-state index contributed by atoms with van der Waals surface area (Å²) in [4.78, 5) is 15.4. The fourth-order valence-electron chi connectivity index (χ4n) is 0.976. The maximum Gasteiger partial charge on any atom is 0.274 e. The molecule has 0 fully saturated rings. The van der Waals surface area contributed by atoms with E-state index in [1.807, 2.05) is 13.0 Å². The highest BCUT2D eigenvalue weighted by atomic mass is 16.1. The quantitative estimate of drug-likeness (QED) is 0.744. The molecule has 1 aromatic heterocycles. The molecule has 0 spiro atoms. The zero-order valence-electron chi connectivity index (χ0n) is 7.79. The van der Waals surface area contributed by atoms with E-state index >= 15 is 0 Å². The summed E-state index contributed by atoms with van der Waals surface area (Å²) in [6.45, 7) is 7.17. The van der Waals surface area contributed by atoms with Crippen molar-refractivity contribution in [3.63, 3.8) is 0 Å². The Labute approximate surface area is 77.5 Å². The summed E-state index contributed by atoms with van der Waals surface area (Å²) in [5.41, 5.74) is 1.93. The second kappa shape index (κ2) is 3.85. The number of hydrogen-bond donors (Lipinski definition) is 1. The van der Waals surface area contributed by atoms with Crippen LogP contribution in [0.25, 0.3) is 0 Å². The zero-order valence-corrected chi connectivity index (χ0v) is 7.79. The van der Waals surface area contributed by atoms with Gasteiger partial charge in [0, 0.05) is 11.9 Å². The Balaban J connectivity index is 2.89. The van der Waals surface area contributed by atoms with Gasteiger partial charge in [0.15, 0.2) is 0 Å². The third kappa shape index (κ3) is 2.40. The van der Waals surface area contributed by atoms with Gasteiger partial charge in [-0.3, -0.25) is 9.78 Å². The molecule has 0 atom stereocenters. The lowest BCUT2D eigenvalue weighted by molar-refractivity contribution is 0.0960. The summed E-state index contributed by atoms with van der Waals surface area (Å²) in [6, 6.07) is 3.65. The van der Waals surface area contributed by atoms with Crippen molar-refractivity contribution >= 4 is 5.91 Å². The number of carbonyl (C=O) groups is 1. The summed E-state index contributed by atoms with van der Waals surface area (Å²) in [5, 5.41) is 2.60. The summed E-state index contributed by atoms with van der Waals surface area (Å²) in [7, 11) is 0. The van der Waals surface area contributed by atoms with Crippen molar-refractivity contribution in [2.45, 2.75) is 13.8 Å². The van der Waals surface area contributed by atoms with E-state index < -0.39 is 0 Å². The highest BCUT2D eigenvalue weighted by Gasteiger charge is 2.08. The van der Waals surface area contributed by atoms with Gasteiger partial charge in [-0.25, -0.2) is 0 Å². The zero-order chi connectivity index (χ0) is 9.84. The van der Waals surface area contributed by atoms with Crippen LogP contribution in [0.15, 0.2) is 30.6 Å². The van der Waals surface area contributed by atoms with E-state index in [1.54, 1.807) is 19.2 Å². The highest BCUT2D eigenvalue weighted by Crippen LogP contribution is 2.02. The van der Waals surface area contributed by atoms with Gasteiger partial charge in [0.2, 0.25) is 0 Å². The van der Waals surface area contributed by atoms with Crippen LogP contribution < -0.4 is 5.32 Å². The fraction of sp³-hybridized carbons (Fsp3) is 0.200. The Bertz CT molecular complexity index is 345. The van der Waals surface area contributed by atoms with Crippen molar-refractivity contribution in [3.05, 3.63) is 41.9 Å². The van der Waals surface area contributed by atoms with E-state index in [1.165, 1.54) is 0 Å². The minimum Gasteiger partial charge on any atom is -0.325 e. The largest absolute Gasteiger partial charge is 0.325 e. The second-order valence-electron chi connectivity index (χ2n) is 2.90. The van der Waals surface area contributed by atoms with Crippen LogP contribution in [0.2, 0.25) is 0 Å². The van der Waals surface area contributed by atoms with Gasteiger partial charge in [-0.05, 0) is 25.5 Å². The maximum absolute atomic E-state index is 11.4. The second-order valence-corrected chi connectivity index (χ2v) is 2.90. The van der Waals surface area contributed by atoms with E-state index in [9.17, 15) is 4.79 Å². The molecule has 68 valence electrons. The minimum absolute atomic E-state index is 0.203. The maximum atomic E-state index is 11.4. The molecule has 0 aliphatic carbocycles. The molecule has 0 aliphatic heterocycles. The monoisotopic (exact) mass is 176 g/mol. The molecule has 0 unspecified atom stereocenters. The summed E-state index contributed by atoms with van der Waals surface area (Å²) in [5.74, 6) is -0.203. The first-order chi connectivity index (χ1) is 6.11. The number of aromatic nitrogens is 1. The lowest BCUT2D eigenvalue weighted by Crippen LogP contribution is -2.22. The van der Waals surface area contributed by atoms with Crippen molar-refractivity contribution in [1.82, 2.24) is 10.3 Å². The number of nitrogens with zero attached hydrogens (tertiary/aromatic N) is 1. The van der Waals surface area contributed by atoms with Crippen LogP contribution in [0.3, 0.4) is 0 Å². The minimum atomic E-state index is -0.203. The Morgan fingerprint density at radius 3 is 2.85 bits per heavy atom. The van der Waals surface area contributed by atoms with Crippen LogP contribution in [0.4, 0.5) is 0 Å². The normalized spacial score (nSPS) is 9.38. The molecule has 3 heteroatoms. The Hall–Kier alpha value is -1.64. The Kier molecular flexibility index (Phi) is 2.80. The van der Waals surface area contributed by atoms with Crippen LogP contribution in [0, 0.1) is 6.92 Å². The van der Waals surface area contributed by atoms with E-state index in [2.05, 4.69) is 16.9 Å². The molecule has 13 heavy (non-hydrogen) atoms. The van der Waals surface area contributed by atoms with E-state index in [4.69, 9.17) is 0 Å². The smallest absolute Gasteiger partial charge is 0.274 e. The molecule has 3 nitrogen and oxygen atoms in total. The number of amides is 1. The molecule has 0 aliphatic rings. The van der Waals surface area contributed by atoms with E-state index in [0.717, 1.165) is 5.56 Å². The van der Waals surface area contributed by atoms with Crippen molar-refractivity contribution in [2.75, 3.05) is 0 Å². The van der Waals surface area contributed by atoms with Crippen LogP contribution in [0.5, 0.6) is 0 Å². The van der Waals surface area contributed by atoms with Crippen molar-refractivity contribution < 1.29 is 4.79 Å². The van der Waals surface area contributed by atoms with Crippen molar-refractivity contribution in [1.29, 1.82) is 0 Å². The third-order valence-corrected chi connectivity index (χ3v) is 1.55. The van der Waals surface area contributed by atoms with Gasteiger partial charge in [0.05, 0.1) is 0 Å². The molecule has 1 amide bonds. The molecular weight excluding hydrogens is 164 g/mol. The number of rotatable bonds is 2. The van der Waals surface area contributed by atoms with Crippen LogP contribution in [-0.4, -0.2) is 10.9 Å². The molecule has 0 aromatic carbocycles. The molecule has 0 bridgehead atoms. The topological polar surface area (TPSA) is 42.0 Å². The molecule has 1 N–H and O–H groups in total. The first kappa shape index (κ1) is 9.45. The number of nitrogens with one attached hydrogen (secondary N) is 1. The SMILES string of the molecule is C=C(C)NC(=O)c1ncccc1C. The molecule has 0 radical (unpaired) electrons. The molecule has 0 saturated carbocycles. The number of allylic oxidation sites excluding steroid dienone is 1. The van der Waals surface area contributed by atoms with Gasteiger partial charge in [-0.2, -0.15) is 0 Å². The van der Waals surface area contributed by atoms with Gasteiger partial charge in [-0.15, -0.1) is 0 Å². The highest BCUT2D eigenvalue weighted by molar-refractivity contribution is 5.94. The number of hydrogen-bond acceptors (Lipinski definition) is 2. The van der Waals surface area contributed by atoms with Crippen LogP contribution in [0.1, 0.15) is 23.0 Å². The van der Waals surface area contributed by atoms with Crippen molar-refractivity contribution in [2.24, 2.45) is 0 Å². The predicted octanol–water partition coefficient (Wildman–Crippen LogP) is 1.65. The van der Waals surface area contributed by atoms with Crippen LogP contribution in [-0.2, 0) is 0 Å². The first-order valence-electron chi connectivity index (χ1n) is 3.99.